The van der Waals surface area contributed by atoms with Crippen LogP contribution < -0.4 is 4.90 Å². The van der Waals surface area contributed by atoms with Crippen molar-refractivity contribution in [3.8, 4) is 61.3 Å². The molecule has 15 rings (SSSR count). The van der Waals surface area contributed by atoms with E-state index in [1.54, 1.807) is 0 Å². The summed E-state index contributed by atoms with van der Waals surface area (Å²) in [6.45, 7) is 0. The maximum atomic E-state index is 2.48. The second-order valence-electron chi connectivity index (χ2n) is 19.6. The van der Waals surface area contributed by atoms with Gasteiger partial charge >= 0.3 is 0 Å². The van der Waals surface area contributed by atoms with Crippen LogP contribution in [0.4, 0.5) is 17.1 Å². The van der Waals surface area contributed by atoms with Crippen molar-refractivity contribution in [2.75, 3.05) is 4.90 Å². The van der Waals surface area contributed by atoms with Crippen LogP contribution in [0, 0.1) is 0 Å². The van der Waals surface area contributed by atoms with Gasteiger partial charge in [-0.05, 0) is 155 Å². The van der Waals surface area contributed by atoms with Crippen molar-refractivity contribution in [3.63, 3.8) is 0 Å². The molecule has 0 fully saturated rings. The van der Waals surface area contributed by atoms with Gasteiger partial charge < -0.3 is 9.47 Å². The molecule has 2 aliphatic carbocycles. The number of anilines is 3. The Balaban J connectivity index is 0.829. The fourth-order valence-electron chi connectivity index (χ4n) is 12.6. The van der Waals surface area contributed by atoms with E-state index in [-0.39, 0.29) is 0 Å². The molecule has 2 heteroatoms. The Bertz CT molecular complexity index is 4230. The minimum Gasteiger partial charge on any atom is -0.310 e. The summed E-state index contributed by atoms with van der Waals surface area (Å²) in [6.07, 6.45) is 0. The zero-order valence-electron chi connectivity index (χ0n) is 40.0. The van der Waals surface area contributed by atoms with Gasteiger partial charge in [0.2, 0.25) is 0 Å². The van der Waals surface area contributed by atoms with Crippen molar-refractivity contribution < 1.29 is 0 Å². The van der Waals surface area contributed by atoms with E-state index in [9.17, 15) is 0 Å². The van der Waals surface area contributed by atoms with Gasteiger partial charge in [-0.15, -0.1) is 0 Å². The van der Waals surface area contributed by atoms with Gasteiger partial charge in [0.05, 0.1) is 16.4 Å². The Morgan fingerprint density at radius 2 is 0.712 bits per heavy atom. The molecule has 0 N–H and O–H groups in total. The second kappa shape index (κ2) is 16.3. The average molecular weight is 927 g/mol. The first-order valence-corrected chi connectivity index (χ1v) is 25.3. The van der Waals surface area contributed by atoms with E-state index in [4.69, 9.17) is 0 Å². The summed E-state index contributed by atoms with van der Waals surface area (Å²) in [6, 6.07) is 103. The van der Waals surface area contributed by atoms with Crippen molar-refractivity contribution in [2.24, 2.45) is 0 Å². The summed E-state index contributed by atoms with van der Waals surface area (Å²) in [7, 11) is 0. The van der Waals surface area contributed by atoms with E-state index in [1.807, 2.05) is 0 Å². The highest BCUT2D eigenvalue weighted by Crippen LogP contribution is 2.63. The maximum absolute atomic E-state index is 2.48. The molecule has 1 aromatic heterocycles. The lowest BCUT2D eigenvalue weighted by Gasteiger charge is -2.32. The van der Waals surface area contributed by atoms with Crippen molar-refractivity contribution in [2.45, 2.75) is 5.41 Å². The van der Waals surface area contributed by atoms with E-state index in [0.29, 0.717) is 0 Å². The molecule has 0 atom stereocenters. The van der Waals surface area contributed by atoms with Crippen molar-refractivity contribution >= 4 is 49.6 Å². The van der Waals surface area contributed by atoms with Crippen LogP contribution in [0.25, 0.3) is 93.9 Å². The van der Waals surface area contributed by atoms with E-state index in [0.717, 1.165) is 17.1 Å². The number of rotatable bonds is 7. The summed E-state index contributed by atoms with van der Waals surface area (Å²) in [4.78, 5) is 2.44. The molecule has 2 aliphatic rings. The third-order valence-electron chi connectivity index (χ3n) is 15.8. The van der Waals surface area contributed by atoms with E-state index < -0.39 is 5.41 Å². The van der Waals surface area contributed by atoms with Crippen LogP contribution in [0.5, 0.6) is 0 Å². The van der Waals surface area contributed by atoms with E-state index >= 15 is 0 Å². The number of nitrogens with zero attached hydrogens (tertiary/aromatic N) is 2. The monoisotopic (exact) mass is 926 g/mol. The fourth-order valence-corrected chi connectivity index (χ4v) is 12.6. The molecule has 340 valence electrons. The zero-order valence-corrected chi connectivity index (χ0v) is 40.0. The highest BCUT2D eigenvalue weighted by molar-refractivity contribution is 6.10. The standard InChI is InChI=1S/C71H46N2/c1-2-17-53(18-3-1)73-69-28-13-9-23-63(69)64-45-52(37-44-70(64)73)49-31-29-47(30-32-49)48-33-38-54(39-34-48)72(55-40-35-51(36-41-55)58-24-14-16-50-15-4-5-19-57(50)58)56-42-43-62-61-22-8-12-27-67(61)71(68(62)46-56)65-25-10-6-20-59(65)60-21-7-11-26-66(60)71/h1-46H. The van der Waals surface area contributed by atoms with E-state index in [2.05, 4.69) is 289 Å². The number of fused-ring (bicyclic) bond motifs is 14. The Hall–Kier alpha value is -9.50. The van der Waals surface area contributed by atoms with Gasteiger partial charge in [0, 0.05) is 33.5 Å². The first-order chi connectivity index (χ1) is 36.2. The van der Waals surface area contributed by atoms with Crippen LogP contribution in [0.3, 0.4) is 0 Å². The maximum Gasteiger partial charge on any atom is 0.0726 e. The number of hydrogen-bond acceptors (Lipinski definition) is 1. The lowest BCUT2D eigenvalue weighted by atomic mass is 9.70. The number of hydrogen-bond donors (Lipinski definition) is 0. The number of para-hydroxylation sites is 2. The van der Waals surface area contributed by atoms with Crippen molar-refractivity contribution in [1.82, 2.24) is 4.57 Å². The van der Waals surface area contributed by atoms with Gasteiger partial charge in [-0.25, -0.2) is 0 Å². The quantitative estimate of drug-likeness (QED) is 0.155. The molecule has 0 bridgehead atoms. The topological polar surface area (TPSA) is 8.17 Å². The Morgan fingerprint density at radius 1 is 0.260 bits per heavy atom. The molecule has 0 unspecified atom stereocenters. The third-order valence-corrected chi connectivity index (χ3v) is 15.8. The molecule has 0 amide bonds. The Morgan fingerprint density at radius 3 is 1.37 bits per heavy atom. The van der Waals surface area contributed by atoms with Gasteiger partial charge in [-0.2, -0.15) is 0 Å². The van der Waals surface area contributed by atoms with Crippen LogP contribution >= 0.6 is 0 Å². The number of benzene rings is 12. The minimum absolute atomic E-state index is 0.443. The van der Waals surface area contributed by atoms with Gasteiger partial charge in [-0.1, -0.05) is 212 Å². The lowest BCUT2D eigenvalue weighted by molar-refractivity contribution is 0.793. The van der Waals surface area contributed by atoms with Crippen molar-refractivity contribution in [3.05, 3.63) is 301 Å². The smallest absolute Gasteiger partial charge is 0.0726 e. The zero-order chi connectivity index (χ0) is 48.0. The highest BCUT2D eigenvalue weighted by Gasteiger charge is 2.51. The minimum atomic E-state index is -0.443. The lowest BCUT2D eigenvalue weighted by Crippen LogP contribution is -2.26. The predicted molar refractivity (Wildman–Crippen MR) is 306 cm³/mol. The molecule has 0 radical (unpaired) electrons. The molecule has 1 heterocycles. The van der Waals surface area contributed by atoms with Crippen LogP contribution in [0.15, 0.2) is 279 Å². The molecule has 12 aromatic carbocycles. The molecule has 0 aliphatic heterocycles. The Labute approximate surface area is 425 Å². The molecule has 13 aromatic rings. The third kappa shape index (κ3) is 6.24. The fraction of sp³-hybridized carbons (Fsp3) is 0.0141. The van der Waals surface area contributed by atoms with Crippen LogP contribution in [0.1, 0.15) is 22.3 Å². The van der Waals surface area contributed by atoms with Crippen LogP contribution in [0.2, 0.25) is 0 Å². The van der Waals surface area contributed by atoms with E-state index in [1.165, 1.54) is 116 Å². The van der Waals surface area contributed by atoms with Crippen LogP contribution in [-0.4, -0.2) is 4.57 Å². The van der Waals surface area contributed by atoms with Crippen LogP contribution in [-0.2, 0) is 5.41 Å². The normalized spacial score (nSPS) is 12.8. The summed E-state index contributed by atoms with van der Waals surface area (Å²) in [5.41, 5.74) is 24.2. The SMILES string of the molecule is c1ccc(-n2c3ccccc3c3cc(-c4ccc(-c5ccc(N(c6ccc(-c7cccc8ccccc78)cc6)c6ccc7c(c6)C6(c8ccccc8-c8ccccc86)c6ccccc6-7)cc5)cc4)ccc32)cc1. The molecule has 0 saturated heterocycles. The highest BCUT2D eigenvalue weighted by atomic mass is 15.1. The van der Waals surface area contributed by atoms with Gasteiger partial charge in [0.1, 0.15) is 0 Å². The summed E-state index contributed by atoms with van der Waals surface area (Å²) in [5, 5.41) is 5.01. The van der Waals surface area contributed by atoms with Gasteiger partial charge in [-0.3, -0.25) is 0 Å². The molecule has 0 saturated carbocycles. The number of aromatic nitrogens is 1. The molecule has 2 nitrogen and oxygen atoms in total. The first kappa shape index (κ1) is 41.3. The largest absolute Gasteiger partial charge is 0.310 e. The van der Waals surface area contributed by atoms with Gasteiger partial charge in [0.25, 0.3) is 0 Å². The Kier molecular flexibility index (Phi) is 9.21. The first-order valence-electron chi connectivity index (χ1n) is 25.3. The average Bonchev–Trinajstić information content (AvgIpc) is 4.07. The molecular weight excluding hydrogens is 881 g/mol. The second-order valence-corrected chi connectivity index (χ2v) is 19.6. The summed E-state index contributed by atoms with van der Waals surface area (Å²) in [5.74, 6) is 0. The van der Waals surface area contributed by atoms with Crippen molar-refractivity contribution in [1.29, 1.82) is 0 Å². The van der Waals surface area contributed by atoms with Gasteiger partial charge in [0.15, 0.2) is 0 Å². The summed E-state index contributed by atoms with van der Waals surface area (Å²) >= 11 is 0. The molecule has 1 spiro atoms. The molecular formula is C71H46N2. The summed E-state index contributed by atoms with van der Waals surface area (Å²) < 4.78 is 2.37. The molecule has 73 heavy (non-hydrogen) atoms. The predicted octanol–water partition coefficient (Wildman–Crippen LogP) is 18.8.